The number of ether oxygens (including phenoxy) is 3. The number of carbonyl (C=O) groups is 2. The van der Waals surface area contributed by atoms with Gasteiger partial charge >= 0.3 is 6.18 Å². The number of anilines is 1. The molecule has 204 valence electrons. The summed E-state index contributed by atoms with van der Waals surface area (Å²) in [7, 11) is 0.221. The molecule has 2 N–H and O–H groups in total. The Hall–Kier alpha value is -3.13. The number of alkyl halides is 3. The fourth-order valence-electron chi connectivity index (χ4n) is 3.75. The number of hydrogen-bond donors (Lipinski definition) is 2. The van der Waals surface area contributed by atoms with Crippen LogP contribution in [0.3, 0.4) is 0 Å². The molecule has 0 fully saturated rings. The normalized spacial score (nSPS) is 16.0. The van der Waals surface area contributed by atoms with Crippen LogP contribution in [0.1, 0.15) is 28.9 Å². The van der Waals surface area contributed by atoms with Gasteiger partial charge in [-0.05, 0) is 18.6 Å². The number of rotatable bonds is 13. The van der Waals surface area contributed by atoms with Crippen LogP contribution in [-0.4, -0.2) is 77.0 Å². The molecule has 2 unspecified atom stereocenters. The number of nitrogens with one attached hydrogen (secondary N) is 2. The molecule has 1 aromatic carbocycles. The van der Waals surface area contributed by atoms with Gasteiger partial charge in [-0.25, -0.2) is 4.68 Å². The Labute approximate surface area is 214 Å². The first-order chi connectivity index (χ1) is 17.6. The highest BCUT2D eigenvalue weighted by molar-refractivity contribution is 7.85. The van der Waals surface area contributed by atoms with Crippen LogP contribution in [0.5, 0.6) is 11.5 Å². The number of fused-ring (bicyclic) bond motifs is 1. The summed E-state index contributed by atoms with van der Waals surface area (Å²) in [4.78, 5) is 25.2. The van der Waals surface area contributed by atoms with Crippen LogP contribution in [-0.2, 0) is 33.3 Å². The standard InChI is InChI=1S/C23H29F3N4O6S/c1-34-9-4-8-30-21(28-19(31)13-37(2)33)20-18(29-30)11-15(27-22(20)32)7-10-35-16-5-3-6-17(12-16)36-14-23(24,25)26/h3,5-6,12,15H,4,7-11,13-14H2,1-2H3,(H,27,32)(H,28,31). The van der Waals surface area contributed by atoms with Crippen LogP contribution in [0.4, 0.5) is 19.0 Å². The largest absolute Gasteiger partial charge is 0.493 e. The molecule has 1 aliphatic heterocycles. The molecule has 2 amide bonds. The summed E-state index contributed by atoms with van der Waals surface area (Å²) in [5, 5.41) is 10.1. The van der Waals surface area contributed by atoms with Gasteiger partial charge in [-0.2, -0.15) is 18.3 Å². The third-order valence-electron chi connectivity index (χ3n) is 5.28. The summed E-state index contributed by atoms with van der Waals surface area (Å²) in [6.45, 7) is -0.349. The first kappa shape index (κ1) is 28.4. The van der Waals surface area contributed by atoms with Crippen LogP contribution >= 0.6 is 0 Å². The number of halogens is 3. The lowest BCUT2D eigenvalue weighted by Crippen LogP contribution is -2.42. The lowest BCUT2D eigenvalue weighted by atomic mass is 9.99. The van der Waals surface area contributed by atoms with Gasteiger partial charge in [0.25, 0.3) is 5.91 Å². The molecular weight excluding hydrogens is 517 g/mol. The number of nitrogens with zero attached hydrogens (tertiary/aromatic N) is 2. The van der Waals surface area contributed by atoms with E-state index in [9.17, 15) is 27.0 Å². The number of amides is 2. The number of aromatic nitrogens is 2. The van der Waals surface area contributed by atoms with Crippen LogP contribution < -0.4 is 20.1 Å². The van der Waals surface area contributed by atoms with Gasteiger partial charge < -0.3 is 24.8 Å². The second-order valence-corrected chi connectivity index (χ2v) is 9.83. The van der Waals surface area contributed by atoms with E-state index >= 15 is 0 Å². The lowest BCUT2D eigenvalue weighted by Gasteiger charge is -2.23. The summed E-state index contributed by atoms with van der Waals surface area (Å²) < 4.78 is 65.5. The molecule has 3 rings (SSSR count). The molecule has 10 nitrogen and oxygen atoms in total. The van der Waals surface area contributed by atoms with E-state index in [0.717, 1.165) is 0 Å². The zero-order valence-corrected chi connectivity index (χ0v) is 21.2. The molecule has 2 heterocycles. The van der Waals surface area contributed by atoms with Crippen LogP contribution in [0.25, 0.3) is 0 Å². The van der Waals surface area contributed by atoms with E-state index < -0.39 is 35.4 Å². The molecule has 0 aliphatic carbocycles. The number of aryl methyl sites for hydroxylation is 1. The summed E-state index contributed by atoms with van der Waals surface area (Å²) in [6.07, 6.45) is -1.63. The molecule has 1 aromatic heterocycles. The number of methoxy groups -OCH3 is 1. The maximum Gasteiger partial charge on any atom is 0.422 e. The van der Waals surface area contributed by atoms with Crippen LogP contribution in [0.15, 0.2) is 24.3 Å². The first-order valence-electron chi connectivity index (χ1n) is 11.5. The molecule has 0 radical (unpaired) electrons. The van der Waals surface area contributed by atoms with Crippen molar-refractivity contribution in [2.45, 2.75) is 38.0 Å². The number of carbonyl (C=O) groups excluding carboxylic acids is 2. The molecule has 0 saturated carbocycles. The van der Waals surface area contributed by atoms with Gasteiger partial charge in [0.2, 0.25) is 5.91 Å². The summed E-state index contributed by atoms with van der Waals surface area (Å²) in [6, 6.07) is 5.58. The van der Waals surface area contributed by atoms with E-state index in [4.69, 9.17) is 14.2 Å². The maximum absolute atomic E-state index is 12.9. The summed E-state index contributed by atoms with van der Waals surface area (Å²) >= 11 is 0. The van der Waals surface area contributed by atoms with Crippen molar-refractivity contribution in [2.75, 3.05) is 44.3 Å². The van der Waals surface area contributed by atoms with Crippen molar-refractivity contribution in [3.8, 4) is 11.5 Å². The molecule has 2 aromatic rings. The Morgan fingerprint density at radius 1 is 1.27 bits per heavy atom. The van der Waals surface area contributed by atoms with Crippen molar-refractivity contribution >= 4 is 28.4 Å². The fourth-order valence-corrected chi connectivity index (χ4v) is 4.19. The molecule has 0 spiro atoms. The van der Waals surface area contributed by atoms with E-state index in [2.05, 4.69) is 15.7 Å². The zero-order chi connectivity index (χ0) is 27.0. The second kappa shape index (κ2) is 12.9. The average Bonchev–Trinajstić information content (AvgIpc) is 3.14. The minimum atomic E-state index is -4.44. The van der Waals surface area contributed by atoms with Gasteiger partial charge in [0, 0.05) is 62.3 Å². The van der Waals surface area contributed by atoms with Crippen LogP contribution in [0, 0.1) is 0 Å². The highest BCUT2D eigenvalue weighted by atomic mass is 32.2. The van der Waals surface area contributed by atoms with Crippen molar-refractivity contribution in [1.82, 2.24) is 15.1 Å². The van der Waals surface area contributed by atoms with E-state index in [-0.39, 0.29) is 35.5 Å². The smallest absolute Gasteiger partial charge is 0.422 e. The Morgan fingerprint density at radius 2 is 2.00 bits per heavy atom. The Bertz CT molecular complexity index is 1120. The molecule has 1 aliphatic rings. The number of benzene rings is 1. The topological polar surface area (TPSA) is 121 Å². The molecule has 2 atom stereocenters. The Kier molecular flexibility index (Phi) is 9.92. The van der Waals surface area contributed by atoms with Gasteiger partial charge in [-0.15, -0.1) is 0 Å². The van der Waals surface area contributed by atoms with Gasteiger partial charge in [0.15, 0.2) is 6.61 Å². The minimum Gasteiger partial charge on any atom is -0.493 e. The first-order valence-corrected chi connectivity index (χ1v) is 13.2. The zero-order valence-electron chi connectivity index (χ0n) is 20.4. The van der Waals surface area contributed by atoms with E-state index in [1.807, 2.05) is 0 Å². The van der Waals surface area contributed by atoms with Gasteiger partial charge in [0.05, 0.1) is 12.3 Å². The monoisotopic (exact) mass is 546 g/mol. The average molecular weight is 547 g/mol. The van der Waals surface area contributed by atoms with E-state index in [0.29, 0.717) is 43.9 Å². The maximum atomic E-state index is 12.9. The molecule has 0 saturated heterocycles. The van der Waals surface area contributed by atoms with Crippen molar-refractivity contribution < 1.29 is 41.2 Å². The second-order valence-electron chi connectivity index (χ2n) is 8.40. The van der Waals surface area contributed by atoms with Crippen molar-refractivity contribution in [3.05, 3.63) is 35.5 Å². The fraction of sp³-hybridized carbons (Fsp3) is 0.522. The summed E-state index contributed by atoms with van der Waals surface area (Å²) in [5.41, 5.74) is 0.779. The van der Waals surface area contributed by atoms with Gasteiger partial charge in [-0.3, -0.25) is 13.8 Å². The van der Waals surface area contributed by atoms with Crippen molar-refractivity contribution in [1.29, 1.82) is 0 Å². The predicted molar refractivity (Wildman–Crippen MR) is 129 cm³/mol. The van der Waals surface area contributed by atoms with E-state index in [1.165, 1.54) is 24.5 Å². The summed E-state index contributed by atoms with van der Waals surface area (Å²) in [5.74, 6) is -0.471. The molecule has 37 heavy (non-hydrogen) atoms. The number of hydrogen-bond acceptors (Lipinski definition) is 7. The quantitative estimate of drug-likeness (QED) is 0.370. The minimum absolute atomic E-state index is 0.0333. The van der Waals surface area contributed by atoms with Gasteiger partial charge in [0.1, 0.15) is 28.6 Å². The predicted octanol–water partition coefficient (Wildman–Crippen LogP) is 2.30. The highest BCUT2D eigenvalue weighted by Gasteiger charge is 2.32. The Balaban J connectivity index is 1.64. The molecular formula is C23H29F3N4O6S. The third-order valence-corrected chi connectivity index (χ3v) is 5.95. The van der Waals surface area contributed by atoms with Crippen molar-refractivity contribution in [2.24, 2.45) is 0 Å². The SMILES string of the molecule is COCCCn1nc2c(c1NC(=O)CS(C)=O)C(=O)NC(CCOc1cccc(OCC(F)(F)F)c1)C2. The highest BCUT2D eigenvalue weighted by Crippen LogP contribution is 2.27. The third kappa shape index (κ3) is 8.74. The van der Waals surface area contributed by atoms with Crippen molar-refractivity contribution in [3.63, 3.8) is 0 Å². The van der Waals surface area contributed by atoms with Gasteiger partial charge in [-0.1, -0.05) is 6.07 Å². The van der Waals surface area contributed by atoms with E-state index in [1.54, 1.807) is 17.9 Å². The van der Waals surface area contributed by atoms with Crippen LogP contribution in [0.2, 0.25) is 0 Å². The molecule has 0 bridgehead atoms. The lowest BCUT2D eigenvalue weighted by molar-refractivity contribution is -0.153. The Morgan fingerprint density at radius 3 is 2.68 bits per heavy atom. The molecule has 14 heteroatoms.